The highest BCUT2D eigenvalue weighted by Crippen LogP contribution is 2.16. The van der Waals surface area contributed by atoms with E-state index in [0.29, 0.717) is 0 Å². The summed E-state index contributed by atoms with van der Waals surface area (Å²) in [4.78, 5) is 5.25. The highest BCUT2D eigenvalue weighted by molar-refractivity contribution is 7.99. The van der Waals surface area contributed by atoms with Crippen molar-refractivity contribution in [3.8, 4) is 0 Å². The van der Waals surface area contributed by atoms with Crippen LogP contribution in [0.3, 0.4) is 0 Å². The predicted octanol–water partition coefficient (Wildman–Crippen LogP) is 2.61. The third kappa shape index (κ3) is 4.33. The van der Waals surface area contributed by atoms with Gasteiger partial charge in [0.2, 0.25) is 0 Å². The topological polar surface area (TPSA) is 6.48 Å². The summed E-state index contributed by atoms with van der Waals surface area (Å²) in [5, 5.41) is 0. The van der Waals surface area contributed by atoms with Gasteiger partial charge in [-0.15, -0.1) is 11.8 Å². The third-order valence-electron chi connectivity index (χ3n) is 3.45. The lowest BCUT2D eigenvalue weighted by molar-refractivity contribution is 0.256. The van der Waals surface area contributed by atoms with Crippen LogP contribution < -0.4 is 0 Å². The second-order valence-electron chi connectivity index (χ2n) is 4.82. The molecule has 15 heavy (non-hydrogen) atoms. The Balaban J connectivity index is 1.53. The van der Waals surface area contributed by atoms with E-state index in [1.165, 1.54) is 76.5 Å². The highest BCUT2D eigenvalue weighted by atomic mass is 32.2. The average molecular weight is 228 g/mol. The van der Waals surface area contributed by atoms with Gasteiger partial charge < -0.3 is 0 Å². The van der Waals surface area contributed by atoms with Crippen LogP contribution in [0.4, 0.5) is 0 Å². The molecular formula is C12H24N2S. The van der Waals surface area contributed by atoms with Crippen molar-refractivity contribution in [3.05, 3.63) is 0 Å². The fourth-order valence-electron chi connectivity index (χ4n) is 2.48. The monoisotopic (exact) mass is 228 g/mol. The molecule has 2 nitrogen and oxygen atoms in total. The number of hydrogen-bond donors (Lipinski definition) is 0. The van der Waals surface area contributed by atoms with Gasteiger partial charge in [0.05, 0.1) is 0 Å². The van der Waals surface area contributed by atoms with Crippen molar-refractivity contribution >= 4 is 11.8 Å². The van der Waals surface area contributed by atoms with Crippen molar-refractivity contribution in [2.24, 2.45) is 0 Å². The molecule has 2 rings (SSSR count). The first-order valence-corrected chi connectivity index (χ1v) is 7.63. The molecule has 0 spiro atoms. The summed E-state index contributed by atoms with van der Waals surface area (Å²) < 4.78 is 0. The van der Waals surface area contributed by atoms with Crippen molar-refractivity contribution in [3.63, 3.8) is 0 Å². The van der Waals surface area contributed by atoms with Gasteiger partial charge >= 0.3 is 0 Å². The van der Waals surface area contributed by atoms with Crippen LogP contribution in [0, 0.1) is 0 Å². The van der Waals surface area contributed by atoms with Crippen LogP contribution >= 0.6 is 11.8 Å². The van der Waals surface area contributed by atoms with Gasteiger partial charge in [0.1, 0.15) is 0 Å². The smallest absolute Gasteiger partial charge is 0.0457 e. The molecule has 3 heteroatoms. The lowest BCUT2D eigenvalue weighted by atomic mass is 10.1. The van der Waals surface area contributed by atoms with E-state index in [0.717, 1.165) is 0 Å². The predicted molar refractivity (Wildman–Crippen MR) is 68.2 cm³/mol. The molecule has 88 valence electrons. The first kappa shape index (κ1) is 11.7. The molecule has 0 atom stereocenters. The molecule has 2 fully saturated rings. The Morgan fingerprint density at radius 1 is 0.600 bits per heavy atom. The number of rotatable bonds is 4. The van der Waals surface area contributed by atoms with Gasteiger partial charge in [-0.3, -0.25) is 9.80 Å². The first-order chi connectivity index (χ1) is 7.45. The molecule has 0 unspecified atom stereocenters. The zero-order valence-corrected chi connectivity index (χ0v) is 10.6. The van der Waals surface area contributed by atoms with Crippen molar-refractivity contribution < 1.29 is 0 Å². The third-order valence-corrected chi connectivity index (χ3v) is 4.54. The fourth-order valence-corrected chi connectivity index (χ4v) is 3.59. The summed E-state index contributed by atoms with van der Waals surface area (Å²) in [6.45, 7) is 5.36. The van der Waals surface area contributed by atoms with Gasteiger partial charge in [-0.1, -0.05) is 12.8 Å². The number of thioether (sulfide) groups is 1. The summed E-state index contributed by atoms with van der Waals surface area (Å²) >= 11 is 2.12. The molecular weight excluding hydrogens is 204 g/mol. The number of piperidine rings is 2. The molecule has 0 amide bonds. The Morgan fingerprint density at radius 2 is 1.00 bits per heavy atom. The first-order valence-electron chi connectivity index (χ1n) is 6.47. The lowest BCUT2D eigenvalue weighted by Crippen LogP contribution is -2.32. The maximum Gasteiger partial charge on any atom is 0.0457 e. The van der Waals surface area contributed by atoms with E-state index in [1.54, 1.807) is 0 Å². The minimum absolute atomic E-state index is 1.26. The Labute approximate surface area is 98.4 Å². The molecule has 2 heterocycles. The quantitative estimate of drug-likeness (QED) is 0.730. The fraction of sp³-hybridized carbons (Fsp3) is 1.00. The normalized spacial score (nSPS) is 25.6. The Hall–Kier alpha value is 0.270. The van der Waals surface area contributed by atoms with Gasteiger partial charge in [-0.2, -0.15) is 0 Å². The maximum absolute atomic E-state index is 2.62. The largest absolute Gasteiger partial charge is 0.294 e. The van der Waals surface area contributed by atoms with Crippen LogP contribution in [0.25, 0.3) is 0 Å². The van der Waals surface area contributed by atoms with Gasteiger partial charge in [-0.05, 0) is 51.9 Å². The maximum atomic E-state index is 2.62. The SMILES string of the molecule is C1CCN(CSCN2CCCCC2)CC1. The minimum atomic E-state index is 1.26. The van der Waals surface area contributed by atoms with Gasteiger partial charge in [0, 0.05) is 11.8 Å². The summed E-state index contributed by atoms with van der Waals surface area (Å²) in [6, 6.07) is 0. The van der Waals surface area contributed by atoms with Crippen molar-refractivity contribution in [2.75, 3.05) is 37.9 Å². The van der Waals surface area contributed by atoms with E-state index in [4.69, 9.17) is 0 Å². The number of likely N-dealkylation sites (tertiary alicyclic amines) is 2. The highest BCUT2D eigenvalue weighted by Gasteiger charge is 2.12. The van der Waals surface area contributed by atoms with Crippen LogP contribution in [0.1, 0.15) is 38.5 Å². The molecule has 0 N–H and O–H groups in total. The van der Waals surface area contributed by atoms with Crippen molar-refractivity contribution in [2.45, 2.75) is 38.5 Å². The molecule has 0 aromatic heterocycles. The van der Waals surface area contributed by atoms with E-state index in [1.807, 2.05) is 0 Å². The van der Waals surface area contributed by atoms with Crippen LogP contribution in [0.15, 0.2) is 0 Å². The molecule has 2 aliphatic rings. The molecule has 0 aromatic rings. The number of hydrogen-bond acceptors (Lipinski definition) is 3. The van der Waals surface area contributed by atoms with E-state index in [9.17, 15) is 0 Å². The molecule has 0 radical (unpaired) electrons. The van der Waals surface area contributed by atoms with E-state index in [-0.39, 0.29) is 0 Å². The van der Waals surface area contributed by atoms with Gasteiger partial charge in [-0.25, -0.2) is 0 Å². The summed E-state index contributed by atoms with van der Waals surface area (Å²) in [5.41, 5.74) is 0. The van der Waals surface area contributed by atoms with Crippen molar-refractivity contribution in [1.82, 2.24) is 9.80 Å². The Bertz CT molecular complexity index is 145. The summed E-state index contributed by atoms with van der Waals surface area (Å²) in [7, 11) is 0. The van der Waals surface area contributed by atoms with E-state index in [2.05, 4.69) is 21.6 Å². The Kier molecular flexibility index (Phi) is 5.30. The second kappa shape index (κ2) is 6.77. The van der Waals surface area contributed by atoms with Crippen LogP contribution in [-0.4, -0.2) is 47.7 Å². The minimum Gasteiger partial charge on any atom is -0.294 e. The standard InChI is InChI=1S/C12H24N2S/c1-3-7-13(8-4-1)11-15-12-14-9-5-2-6-10-14/h1-12H2. The summed E-state index contributed by atoms with van der Waals surface area (Å²) in [5.74, 6) is 2.52. The van der Waals surface area contributed by atoms with Gasteiger partial charge in [0.15, 0.2) is 0 Å². The van der Waals surface area contributed by atoms with E-state index >= 15 is 0 Å². The summed E-state index contributed by atoms with van der Waals surface area (Å²) in [6.07, 6.45) is 8.59. The molecule has 0 saturated carbocycles. The van der Waals surface area contributed by atoms with Crippen LogP contribution in [0.2, 0.25) is 0 Å². The molecule has 2 saturated heterocycles. The molecule has 0 bridgehead atoms. The number of nitrogens with zero attached hydrogens (tertiary/aromatic N) is 2. The average Bonchev–Trinajstić information content (AvgIpc) is 2.32. The van der Waals surface area contributed by atoms with E-state index < -0.39 is 0 Å². The van der Waals surface area contributed by atoms with Crippen molar-refractivity contribution in [1.29, 1.82) is 0 Å². The van der Waals surface area contributed by atoms with Gasteiger partial charge in [0.25, 0.3) is 0 Å². The lowest BCUT2D eigenvalue weighted by Gasteiger charge is -2.29. The molecule has 2 aliphatic heterocycles. The Morgan fingerprint density at radius 3 is 1.40 bits per heavy atom. The molecule has 0 aromatic carbocycles. The van der Waals surface area contributed by atoms with Crippen LogP contribution in [0.5, 0.6) is 0 Å². The zero-order valence-electron chi connectivity index (χ0n) is 9.79. The molecule has 0 aliphatic carbocycles. The second-order valence-corrected chi connectivity index (χ2v) is 5.74. The zero-order chi connectivity index (χ0) is 10.3. The van der Waals surface area contributed by atoms with Crippen LogP contribution in [-0.2, 0) is 0 Å².